The molecule has 0 aromatic heterocycles. The average molecular weight is 187 g/mol. The standard InChI is InChI=1S/C10H23N.C2H6/c1-6-11(7-9(2)3)8-10(4)5;1-2/h9-10H,6-8H2,1-5H3;1-2H3. The Kier molecular flexibility index (Phi) is 11.9. The van der Waals surface area contributed by atoms with E-state index in [2.05, 4.69) is 39.5 Å². The predicted molar refractivity (Wildman–Crippen MR) is 63.1 cm³/mol. The molecule has 0 aliphatic carbocycles. The van der Waals surface area contributed by atoms with E-state index in [9.17, 15) is 0 Å². The molecule has 0 unspecified atom stereocenters. The maximum absolute atomic E-state index is 2.52. The molecule has 0 amide bonds. The molecular formula is C12H29N. The van der Waals surface area contributed by atoms with E-state index in [4.69, 9.17) is 0 Å². The largest absolute Gasteiger partial charge is 0.303 e. The molecule has 82 valence electrons. The summed E-state index contributed by atoms with van der Waals surface area (Å²) in [6.45, 7) is 19.0. The van der Waals surface area contributed by atoms with Crippen molar-refractivity contribution < 1.29 is 0 Å². The Bertz CT molecular complexity index is 77.1. The number of hydrogen-bond donors (Lipinski definition) is 0. The Labute approximate surface area is 85.5 Å². The van der Waals surface area contributed by atoms with Crippen LogP contribution in [-0.2, 0) is 0 Å². The molecule has 0 bridgehead atoms. The molecule has 1 heteroatoms. The van der Waals surface area contributed by atoms with Gasteiger partial charge in [-0.05, 0) is 18.4 Å². The third-order valence-electron chi connectivity index (χ3n) is 1.69. The zero-order valence-electron chi connectivity index (χ0n) is 10.7. The molecule has 1 nitrogen and oxygen atoms in total. The van der Waals surface area contributed by atoms with Crippen molar-refractivity contribution in [2.45, 2.75) is 48.5 Å². The van der Waals surface area contributed by atoms with Crippen LogP contribution in [0.2, 0.25) is 0 Å². The molecule has 0 N–H and O–H groups in total. The van der Waals surface area contributed by atoms with E-state index in [1.165, 1.54) is 19.6 Å². The number of hydrogen-bond acceptors (Lipinski definition) is 1. The van der Waals surface area contributed by atoms with Crippen molar-refractivity contribution in [3.05, 3.63) is 0 Å². The fourth-order valence-electron chi connectivity index (χ4n) is 1.37. The molecule has 0 atom stereocenters. The van der Waals surface area contributed by atoms with Gasteiger partial charge in [-0.3, -0.25) is 0 Å². The van der Waals surface area contributed by atoms with Crippen molar-refractivity contribution in [3.63, 3.8) is 0 Å². The molecule has 13 heavy (non-hydrogen) atoms. The summed E-state index contributed by atoms with van der Waals surface area (Å²) in [5, 5.41) is 0. The Morgan fingerprint density at radius 3 is 1.31 bits per heavy atom. The zero-order chi connectivity index (χ0) is 10.9. The molecule has 0 fully saturated rings. The van der Waals surface area contributed by atoms with Crippen LogP contribution in [-0.4, -0.2) is 24.5 Å². The van der Waals surface area contributed by atoms with Crippen LogP contribution >= 0.6 is 0 Å². The monoisotopic (exact) mass is 187 g/mol. The van der Waals surface area contributed by atoms with Gasteiger partial charge in [0, 0.05) is 13.1 Å². The van der Waals surface area contributed by atoms with Gasteiger partial charge in [0.25, 0.3) is 0 Å². The van der Waals surface area contributed by atoms with Crippen LogP contribution in [0.1, 0.15) is 48.5 Å². The van der Waals surface area contributed by atoms with E-state index in [-0.39, 0.29) is 0 Å². The van der Waals surface area contributed by atoms with Gasteiger partial charge in [0.15, 0.2) is 0 Å². The minimum absolute atomic E-state index is 0.800. The van der Waals surface area contributed by atoms with E-state index in [1.54, 1.807) is 0 Å². The van der Waals surface area contributed by atoms with Gasteiger partial charge >= 0.3 is 0 Å². The maximum Gasteiger partial charge on any atom is 0.000438 e. The van der Waals surface area contributed by atoms with E-state index < -0.39 is 0 Å². The van der Waals surface area contributed by atoms with Gasteiger partial charge in [0.2, 0.25) is 0 Å². The van der Waals surface area contributed by atoms with Crippen molar-refractivity contribution >= 4 is 0 Å². The Morgan fingerprint density at radius 2 is 1.15 bits per heavy atom. The molecule has 0 aliphatic rings. The first-order valence-electron chi connectivity index (χ1n) is 5.78. The first-order valence-corrected chi connectivity index (χ1v) is 5.78. The lowest BCUT2D eigenvalue weighted by Crippen LogP contribution is -2.30. The van der Waals surface area contributed by atoms with Crippen LogP contribution in [0.3, 0.4) is 0 Å². The molecule has 0 aliphatic heterocycles. The molecule has 0 radical (unpaired) electrons. The summed E-state index contributed by atoms with van der Waals surface area (Å²) in [5.74, 6) is 1.60. The summed E-state index contributed by atoms with van der Waals surface area (Å²) in [4.78, 5) is 2.52. The second-order valence-corrected chi connectivity index (χ2v) is 4.14. The van der Waals surface area contributed by atoms with Gasteiger partial charge in [-0.25, -0.2) is 0 Å². The van der Waals surface area contributed by atoms with Crippen molar-refractivity contribution in [2.24, 2.45) is 11.8 Å². The summed E-state index contributed by atoms with van der Waals surface area (Å²) in [6, 6.07) is 0. The highest BCUT2D eigenvalue weighted by atomic mass is 15.1. The number of rotatable bonds is 5. The van der Waals surface area contributed by atoms with E-state index in [0.717, 1.165) is 11.8 Å². The fraction of sp³-hybridized carbons (Fsp3) is 1.00. The van der Waals surface area contributed by atoms with Crippen LogP contribution in [0.5, 0.6) is 0 Å². The normalized spacial score (nSPS) is 10.6. The molecule has 0 saturated carbocycles. The molecular weight excluding hydrogens is 158 g/mol. The van der Waals surface area contributed by atoms with Crippen LogP contribution in [0.25, 0.3) is 0 Å². The minimum Gasteiger partial charge on any atom is -0.303 e. The van der Waals surface area contributed by atoms with E-state index in [0.29, 0.717) is 0 Å². The third-order valence-corrected chi connectivity index (χ3v) is 1.69. The van der Waals surface area contributed by atoms with Gasteiger partial charge in [0.1, 0.15) is 0 Å². The lowest BCUT2D eigenvalue weighted by Gasteiger charge is -2.24. The van der Waals surface area contributed by atoms with Gasteiger partial charge in [0.05, 0.1) is 0 Å². The molecule has 0 aromatic carbocycles. The Hall–Kier alpha value is -0.0400. The fourth-order valence-corrected chi connectivity index (χ4v) is 1.37. The zero-order valence-corrected chi connectivity index (χ0v) is 10.7. The summed E-state index contributed by atoms with van der Waals surface area (Å²) in [7, 11) is 0. The minimum atomic E-state index is 0.800. The third kappa shape index (κ3) is 12.0. The Balaban J connectivity index is 0. The van der Waals surface area contributed by atoms with Crippen molar-refractivity contribution in [3.8, 4) is 0 Å². The quantitative estimate of drug-likeness (QED) is 0.635. The molecule has 0 rings (SSSR count). The van der Waals surface area contributed by atoms with Crippen molar-refractivity contribution in [2.75, 3.05) is 19.6 Å². The summed E-state index contributed by atoms with van der Waals surface area (Å²) < 4.78 is 0. The lowest BCUT2D eigenvalue weighted by molar-refractivity contribution is 0.230. The first-order chi connectivity index (χ1) is 6.06. The molecule has 0 aromatic rings. The SMILES string of the molecule is CC.CCN(CC(C)C)CC(C)C. The second kappa shape index (κ2) is 10.0. The van der Waals surface area contributed by atoms with Crippen LogP contribution < -0.4 is 0 Å². The van der Waals surface area contributed by atoms with E-state index in [1.807, 2.05) is 13.8 Å². The van der Waals surface area contributed by atoms with Crippen molar-refractivity contribution in [1.29, 1.82) is 0 Å². The van der Waals surface area contributed by atoms with Gasteiger partial charge in [-0.2, -0.15) is 0 Å². The van der Waals surface area contributed by atoms with E-state index >= 15 is 0 Å². The van der Waals surface area contributed by atoms with Gasteiger partial charge in [-0.15, -0.1) is 0 Å². The van der Waals surface area contributed by atoms with Crippen molar-refractivity contribution in [1.82, 2.24) is 4.90 Å². The number of nitrogens with zero attached hydrogens (tertiary/aromatic N) is 1. The molecule has 0 saturated heterocycles. The topological polar surface area (TPSA) is 3.24 Å². The second-order valence-electron chi connectivity index (χ2n) is 4.14. The lowest BCUT2D eigenvalue weighted by atomic mass is 10.1. The van der Waals surface area contributed by atoms with Crippen LogP contribution in [0, 0.1) is 11.8 Å². The first kappa shape index (κ1) is 15.4. The molecule has 0 spiro atoms. The highest BCUT2D eigenvalue weighted by Crippen LogP contribution is 2.02. The smallest absolute Gasteiger partial charge is 0.000438 e. The summed E-state index contributed by atoms with van der Waals surface area (Å²) >= 11 is 0. The summed E-state index contributed by atoms with van der Waals surface area (Å²) in [5.41, 5.74) is 0. The molecule has 0 heterocycles. The van der Waals surface area contributed by atoms with Gasteiger partial charge < -0.3 is 4.90 Å². The highest BCUT2D eigenvalue weighted by Gasteiger charge is 2.05. The Morgan fingerprint density at radius 1 is 0.846 bits per heavy atom. The summed E-state index contributed by atoms with van der Waals surface area (Å²) in [6.07, 6.45) is 0. The predicted octanol–water partition coefficient (Wildman–Crippen LogP) is 3.65. The van der Waals surface area contributed by atoms with Gasteiger partial charge in [-0.1, -0.05) is 48.5 Å². The maximum atomic E-state index is 2.52. The highest BCUT2D eigenvalue weighted by molar-refractivity contribution is 4.59. The van der Waals surface area contributed by atoms with Crippen LogP contribution in [0.4, 0.5) is 0 Å². The average Bonchev–Trinajstić information content (AvgIpc) is 2.05. The van der Waals surface area contributed by atoms with Crippen LogP contribution in [0.15, 0.2) is 0 Å².